The summed E-state index contributed by atoms with van der Waals surface area (Å²) in [4.78, 5) is 43.8. The van der Waals surface area contributed by atoms with Gasteiger partial charge in [0.1, 0.15) is 10.6 Å². The van der Waals surface area contributed by atoms with E-state index in [4.69, 9.17) is 4.74 Å². The van der Waals surface area contributed by atoms with Gasteiger partial charge in [0.05, 0.1) is 18.1 Å². The van der Waals surface area contributed by atoms with Crippen molar-refractivity contribution >= 4 is 33.3 Å². The normalized spacial score (nSPS) is 11.2. The molecule has 9 heteroatoms. The molecule has 0 saturated carbocycles. The number of ketones is 1. The van der Waals surface area contributed by atoms with Gasteiger partial charge >= 0.3 is 5.97 Å². The number of aryl methyl sites for hydroxylation is 4. The zero-order valence-corrected chi connectivity index (χ0v) is 20.9. The lowest BCUT2D eigenvalue weighted by molar-refractivity contribution is -0.142. The predicted octanol–water partition coefficient (Wildman–Crippen LogP) is 4.50. The van der Waals surface area contributed by atoms with E-state index in [0.29, 0.717) is 22.3 Å². The number of carbonyl (C=O) groups is 2. The van der Waals surface area contributed by atoms with Crippen LogP contribution in [0, 0.1) is 33.5 Å². The third-order valence-corrected chi connectivity index (χ3v) is 7.32. The average molecular weight is 496 g/mol. The van der Waals surface area contributed by atoms with E-state index >= 15 is 0 Å². The molecule has 0 fully saturated rings. The summed E-state index contributed by atoms with van der Waals surface area (Å²) in [5.41, 5.74) is 3.74. The van der Waals surface area contributed by atoms with Crippen LogP contribution in [0.25, 0.3) is 10.2 Å². The van der Waals surface area contributed by atoms with Crippen LogP contribution in [0.4, 0.5) is 4.39 Å². The molecular weight excluding hydrogens is 469 g/mol. The molecule has 3 aromatic heterocycles. The third-order valence-electron chi connectivity index (χ3n) is 6.20. The highest BCUT2D eigenvalue weighted by molar-refractivity contribution is 7.18. The zero-order valence-electron chi connectivity index (χ0n) is 20.1. The number of Topliss-reactive ketones (excluding diaryl/α,β-unsaturated/α-hetero) is 1. The molecule has 1 aromatic carbocycles. The van der Waals surface area contributed by atoms with Crippen molar-refractivity contribution in [2.75, 3.05) is 6.61 Å². The van der Waals surface area contributed by atoms with Crippen LogP contribution in [0.2, 0.25) is 0 Å². The molecule has 7 nitrogen and oxygen atoms in total. The van der Waals surface area contributed by atoms with Crippen LogP contribution in [0.1, 0.15) is 44.2 Å². The van der Waals surface area contributed by atoms with E-state index in [1.807, 2.05) is 32.3 Å². The number of halogens is 1. The Bertz CT molecular complexity index is 1480. The molecule has 0 aliphatic heterocycles. The molecular formula is C26H26FN3O4S. The predicted molar refractivity (Wildman–Crippen MR) is 133 cm³/mol. The van der Waals surface area contributed by atoms with Gasteiger partial charge in [-0.2, -0.15) is 0 Å². The molecule has 0 unspecified atom stereocenters. The van der Waals surface area contributed by atoms with Crippen LogP contribution in [-0.4, -0.2) is 32.5 Å². The van der Waals surface area contributed by atoms with E-state index in [1.54, 1.807) is 18.2 Å². The lowest BCUT2D eigenvalue weighted by atomic mass is 10.1. The number of hydrogen-bond acceptors (Lipinski definition) is 6. The van der Waals surface area contributed by atoms with E-state index in [0.717, 1.165) is 27.4 Å². The first-order valence-electron chi connectivity index (χ1n) is 11.2. The summed E-state index contributed by atoms with van der Waals surface area (Å²) in [6, 6.07) is 7.98. The summed E-state index contributed by atoms with van der Waals surface area (Å²) in [6.07, 6.45) is 1.39. The molecule has 35 heavy (non-hydrogen) atoms. The standard InChI is InChI=1S/C26H26FN3O4S/c1-15-11-21(17(3)30(15)12-19-5-7-20(27)8-6-19)22(31)13-34-23(32)9-10-29-14-28-25-24(26(29)33)16(2)18(4)35-25/h5-8,11,14H,9-10,12-13H2,1-4H3. The second kappa shape index (κ2) is 9.95. The number of rotatable bonds is 8. The fourth-order valence-corrected chi connectivity index (χ4v) is 5.02. The van der Waals surface area contributed by atoms with Crippen molar-refractivity contribution < 1.29 is 18.7 Å². The SMILES string of the molecule is Cc1sc2ncn(CCC(=O)OCC(=O)c3cc(C)n(Cc4ccc(F)cc4)c3C)c(=O)c2c1C. The molecule has 0 saturated heterocycles. The van der Waals surface area contributed by atoms with Crippen LogP contribution in [0.15, 0.2) is 41.5 Å². The van der Waals surface area contributed by atoms with Gasteiger partial charge in [0, 0.05) is 34.9 Å². The number of aromatic nitrogens is 3. The van der Waals surface area contributed by atoms with Gasteiger partial charge in [-0.05, 0) is 57.0 Å². The smallest absolute Gasteiger partial charge is 0.308 e. The maximum absolute atomic E-state index is 13.2. The Labute approximate surface area is 205 Å². The minimum atomic E-state index is -0.566. The fourth-order valence-electron chi connectivity index (χ4n) is 4.04. The first-order valence-corrected chi connectivity index (χ1v) is 12.0. The van der Waals surface area contributed by atoms with Crippen molar-refractivity contribution in [2.24, 2.45) is 0 Å². The molecule has 4 aromatic rings. The number of thiophene rings is 1. The van der Waals surface area contributed by atoms with Crippen molar-refractivity contribution in [3.63, 3.8) is 0 Å². The molecule has 0 spiro atoms. The Balaban J connectivity index is 1.36. The van der Waals surface area contributed by atoms with Gasteiger partial charge in [0.25, 0.3) is 5.56 Å². The zero-order chi connectivity index (χ0) is 25.3. The number of ether oxygens (including phenoxy) is 1. The monoisotopic (exact) mass is 495 g/mol. The molecule has 0 amide bonds. The van der Waals surface area contributed by atoms with E-state index in [1.165, 1.54) is 34.4 Å². The summed E-state index contributed by atoms with van der Waals surface area (Å²) >= 11 is 1.47. The fraction of sp³-hybridized carbons (Fsp3) is 0.308. The molecule has 3 heterocycles. The van der Waals surface area contributed by atoms with Crippen LogP contribution in [-0.2, 0) is 22.6 Å². The summed E-state index contributed by atoms with van der Waals surface area (Å²) < 4.78 is 21.7. The Kier molecular flexibility index (Phi) is 6.98. The highest BCUT2D eigenvalue weighted by atomic mass is 32.1. The molecule has 182 valence electrons. The topological polar surface area (TPSA) is 83.2 Å². The first kappa shape index (κ1) is 24.5. The highest BCUT2D eigenvalue weighted by Crippen LogP contribution is 2.25. The van der Waals surface area contributed by atoms with Crippen LogP contribution < -0.4 is 5.56 Å². The lowest BCUT2D eigenvalue weighted by Crippen LogP contribution is -2.23. The number of esters is 1. The first-order chi connectivity index (χ1) is 16.7. The van der Waals surface area contributed by atoms with Gasteiger partial charge in [-0.1, -0.05) is 12.1 Å². The van der Waals surface area contributed by atoms with E-state index in [-0.39, 0.29) is 36.7 Å². The molecule has 0 aliphatic rings. The Morgan fingerprint density at radius 1 is 1.11 bits per heavy atom. The lowest BCUT2D eigenvalue weighted by Gasteiger charge is -2.10. The summed E-state index contributed by atoms with van der Waals surface area (Å²) in [5.74, 6) is -1.17. The molecule has 0 N–H and O–H groups in total. The van der Waals surface area contributed by atoms with E-state index in [9.17, 15) is 18.8 Å². The summed E-state index contributed by atoms with van der Waals surface area (Å²) in [5, 5.41) is 0.578. The van der Waals surface area contributed by atoms with Crippen LogP contribution in [0.5, 0.6) is 0 Å². The molecule has 0 bridgehead atoms. The van der Waals surface area contributed by atoms with Gasteiger partial charge in [-0.15, -0.1) is 11.3 Å². The molecule has 0 radical (unpaired) electrons. The van der Waals surface area contributed by atoms with E-state index in [2.05, 4.69) is 4.98 Å². The maximum Gasteiger partial charge on any atom is 0.308 e. The molecule has 0 atom stereocenters. The van der Waals surface area contributed by atoms with Crippen molar-refractivity contribution in [1.82, 2.24) is 14.1 Å². The highest BCUT2D eigenvalue weighted by Gasteiger charge is 2.18. The number of carbonyl (C=O) groups excluding carboxylic acids is 2. The van der Waals surface area contributed by atoms with E-state index < -0.39 is 5.97 Å². The number of fused-ring (bicyclic) bond motifs is 1. The minimum Gasteiger partial charge on any atom is -0.457 e. The minimum absolute atomic E-state index is 0.0495. The Morgan fingerprint density at radius 3 is 2.54 bits per heavy atom. The largest absolute Gasteiger partial charge is 0.457 e. The van der Waals surface area contributed by atoms with Crippen molar-refractivity contribution in [2.45, 2.75) is 47.2 Å². The third kappa shape index (κ3) is 5.09. The molecule has 4 rings (SSSR count). The Hall–Kier alpha value is -3.59. The van der Waals surface area contributed by atoms with Gasteiger partial charge in [0.15, 0.2) is 6.61 Å². The second-order valence-corrected chi connectivity index (χ2v) is 9.74. The number of hydrogen-bond donors (Lipinski definition) is 0. The van der Waals surface area contributed by atoms with Gasteiger partial charge in [-0.25, -0.2) is 9.37 Å². The van der Waals surface area contributed by atoms with Gasteiger partial charge < -0.3 is 9.30 Å². The average Bonchev–Trinajstić information content (AvgIpc) is 3.28. The van der Waals surface area contributed by atoms with Gasteiger partial charge in [0.2, 0.25) is 5.78 Å². The van der Waals surface area contributed by atoms with Crippen molar-refractivity contribution in [1.29, 1.82) is 0 Å². The second-order valence-electron chi connectivity index (χ2n) is 8.54. The summed E-state index contributed by atoms with van der Waals surface area (Å²) in [7, 11) is 0. The van der Waals surface area contributed by atoms with Crippen molar-refractivity contribution in [3.05, 3.63) is 85.8 Å². The Morgan fingerprint density at radius 2 is 1.83 bits per heavy atom. The van der Waals surface area contributed by atoms with Crippen LogP contribution >= 0.6 is 11.3 Å². The number of nitrogens with zero attached hydrogens (tertiary/aromatic N) is 3. The van der Waals surface area contributed by atoms with Crippen LogP contribution in [0.3, 0.4) is 0 Å². The van der Waals surface area contributed by atoms with Crippen molar-refractivity contribution in [3.8, 4) is 0 Å². The maximum atomic E-state index is 13.2. The van der Waals surface area contributed by atoms with Gasteiger partial charge in [-0.3, -0.25) is 19.0 Å². The number of benzene rings is 1. The molecule has 0 aliphatic carbocycles. The summed E-state index contributed by atoms with van der Waals surface area (Å²) in [6.45, 7) is 7.79. The quantitative estimate of drug-likeness (QED) is 0.266.